The number of anilines is 1. The Morgan fingerprint density at radius 1 is 0.984 bits per heavy atom. The number of ether oxygens (including phenoxy) is 2. The molecule has 0 saturated carbocycles. The lowest BCUT2D eigenvalue weighted by molar-refractivity contribution is -0.120. The Morgan fingerprint density at radius 3 is 2.47 bits per heavy atom. The van der Waals surface area contributed by atoms with E-state index in [1.165, 1.54) is 4.90 Å². The maximum atomic E-state index is 16.4. The number of fused-ring (bicyclic) bond motifs is 2. The van der Waals surface area contributed by atoms with E-state index in [2.05, 4.69) is 19.7 Å². The largest absolute Gasteiger partial charge is 0.507 e. The molecule has 5 aliphatic heterocycles. The Bertz CT molecular complexity index is 2400. The summed E-state index contributed by atoms with van der Waals surface area (Å²) >= 11 is 0. The molecule has 9 rings (SSSR count). The third-order valence-electron chi connectivity index (χ3n) is 13.1. The molecule has 2 aromatic carbocycles. The number of halogens is 1. The van der Waals surface area contributed by atoms with E-state index in [1.807, 2.05) is 30.5 Å². The lowest BCUT2D eigenvalue weighted by atomic mass is 9.91. The van der Waals surface area contributed by atoms with Crippen molar-refractivity contribution in [2.75, 3.05) is 63.9 Å². The van der Waals surface area contributed by atoms with Crippen molar-refractivity contribution in [2.45, 2.75) is 62.1 Å². The maximum Gasteiger partial charge on any atom is 0.328 e. The molecule has 7 heterocycles. The number of rotatable bonds is 9. The number of carbonyl (C=O) groups is 3. The Kier molecular flexibility index (Phi) is 11.3. The van der Waals surface area contributed by atoms with E-state index < -0.39 is 11.7 Å². The molecule has 17 heteroatoms. The predicted molar refractivity (Wildman–Crippen MR) is 230 cm³/mol. The molecule has 5 fully saturated rings. The van der Waals surface area contributed by atoms with Crippen LogP contribution in [0.4, 0.5) is 14.9 Å². The van der Waals surface area contributed by atoms with E-state index in [0.29, 0.717) is 74.1 Å². The second-order valence-corrected chi connectivity index (χ2v) is 17.0. The maximum absolute atomic E-state index is 16.4. The monoisotopic (exact) mass is 848 g/mol. The summed E-state index contributed by atoms with van der Waals surface area (Å²) in [7, 11) is 0. The van der Waals surface area contributed by atoms with Crippen molar-refractivity contribution in [3.05, 3.63) is 107 Å². The number of hydrogen-bond acceptors (Lipinski definition) is 12. The van der Waals surface area contributed by atoms with Gasteiger partial charge < -0.3 is 51.0 Å². The van der Waals surface area contributed by atoms with E-state index in [0.717, 1.165) is 42.5 Å². The summed E-state index contributed by atoms with van der Waals surface area (Å²) in [6.45, 7) is 4.04. The molecule has 5 saturated heterocycles. The van der Waals surface area contributed by atoms with Crippen LogP contribution in [0.3, 0.4) is 0 Å². The number of nitrogens with two attached hydrogens (primary N) is 3. The topological polar surface area (TPSA) is 211 Å². The van der Waals surface area contributed by atoms with Gasteiger partial charge >= 0.3 is 6.03 Å². The molecule has 62 heavy (non-hydrogen) atoms. The minimum Gasteiger partial charge on any atom is -0.507 e. The van der Waals surface area contributed by atoms with Crippen LogP contribution in [0.5, 0.6) is 5.75 Å². The number of pyridine rings is 1. The molecule has 0 bridgehead atoms. The predicted octanol–water partition coefficient (Wildman–Crippen LogP) is 3.70. The summed E-state index contributed by atoms with van der Waals surface area (Å²) in [5.41, 5.74) is 21.7. The summed E-state index contributed by atoms with van der Waals surface area (Å²) in [4.78, 5) is 49.9. The molecule has 4 amide bonds. The first-order chi connectivity index (χ1) is 29.9. The van der Waals surface area contributed by atoms with Gasteiger partial charge in [0.2, 0.25) is 5.91 Å². The number of aromatic nitrogens is 2. The first-order valence-corrected chi connectivity index (χ1v) is 21.3. The number of nitrogens with zero attached hydrogens (tertiary/aromatic N) is 6. The number of phenolic OH excluding ortho intramolecular Hbond substituents is 1. The van der Waals surface area contributed by atoms with Gasteiger partial charge in [-0.1, -0.05) is 24.3 Å². The molecule has 3 unspecified atom stereocenters. The zero-order valence-electron chi connectivity index (χ0n) is 34.5. The zero-order chi connectivity index (χ0) is 43.1. The standard InChI is InChI=1S/C45H53FN10O6/c46-45(27-52-15-10-31(11-16-52)54-17-9-30-21-32(23-50-42(30)54)55-18-12-40(58)51-44(55)60)13-19-53(20-14-45)43(59)29-7-5-28(6-8-29)38-24-56(36-25-61-26-39(36)62-38)35(41(48)49)22-34(47)33-3-1-2-4-37(33)57/h1-9,17,21-23,31,36,38-39,57H,10-16,18-20,24-27,47-49H2,(H,51,58,60)/b34-22-. The minimum atomic E-state index is -1.38. The molecule has 326 valence electrons. The number of nitrogens with one attached hydrogen (secondary N) is 1. The number of urea groups is 1. The van der Waals surface area contributed by atoms with Crippen LogP contribution in [0, 0.1) is 0 Å². The zero-order valence-corrected chi connectivity index (χ0v) is 34.5. The molecule has 5 aliphatic rings. The van der Waals surface area contributed by atoms with Crippen LogP contribution in [0.25, 0.3) is 16.7 Å². The lowest BCUT2D eigenvalue weighted by Crippen LogP contribution is -2.51. The van der Waals surface area contributed by atoms with Crippen LogP contribution in [0.15, 0.2) is 90.7 Å². The highest BCUT2D eigenvalue weighted by Gasteiger charge is 2.43. The van der Waals surface area contributed by atoms with Crippen molar-refractivity contribution >= 4 is 40.3 Å². The van der Waals surface area contributed by atoms with Gasteiger partial charge in [-0.2, -0.15) is 0 Å². The summed E-state index contributed by atoms with van der Waals surface area (Å²) in [6.07, 6.45) is 7.22. The lowest BCUT2D eigenvalue weighted by Gasteiger charge is -2.43. The van der Waals surface area contributed by atoms with Gasteiger partial charge in [0.1, 0.15) is 35.1 Å². The number of para-hydroxylation sites is 1. The van der Waals surface area contributed by atoms with Crippen molar-refractivity contribution in [1.29, 1.82) is 0 Å². The fourth-order valence-corrected chi connectivity index (χ4v) is 9.58. The van der Waals surface area contributed by atoms with Crippen LogP contribution in [-0.2, 0) is 14.3 Å². The molecule has 8 N–H and O–H groups in total. The summed E-state index contributed by atoms with van der Waals surface area (Å²) in [6, 6.07) is 17.7. The highest BCUT2D eigenvalue weighted by molar-refractivity contribution is 6.06. The van der Waals surface area contributed by atoms with Crippen LogP contribution in [-0.4, -0.2) is 124 Å². The van der Waals surface area contributed by atoms with Crippen molar-refractivity contribution < 1.29 is 33.4 Å². The molecule has 0 spiro atoms. The number of aromatic hydroxyl groups is 1. The van der Waals surface area contributed by atoms with Gasteiger partial charge in [0, 0.05) is 99.5 Å². The molecule has 16 nitrogen and oxygen atoms in total. The molecule has 2 aromatic heterocycles. The molecule has 4 aromatic rings. The van der Waals surface area contributed by atoms with Gasteiger partial charge in [0.15, 0.2) is 0 Å². The number of amides is 4. The van der Waals surface area contributed by atoms with E-state index in [4.69, 9.17) is 31.7 Å². The van der Waals surface area contributed by atoms with Gasteiger partial charge in [0.05, 0.1) is 36.8 Å². The Morgan fingerprint density at radius 2 is 1.74 bits per heavy atom. The van der Waals surface area contributed by atoms with Crippen molar-refractivity contribution in [3.8, 4) is 5.75 Å². The number of benzene rings is 2. The average Bonchev–Trinajstić information content (AvgIpc) is 3.93. The molecular formula is C45H53FN10O6. The molecule has 0 radical (unpaired) electrons. The SMILES string of the molecule is NC(N)=C(/C=C(\N)c1ccccc1O)N1CC(c2ccc(C(=O)N3CCC(F)(CN4CCC(n5ccc6cc(N7CCC(=O)NC7=O)cnc65)CC4)CC3)cc2)OC2COCC21. The third kappa shape index (κ3) is 8.26. The van der Waals surface area contributed by atoms with Gasteiger partial charge in [-0.15, -0.1) is 0 Å². The number of carbonyl (C=O) groups excluding carboxylic acids is 3. The van der Waals surface area contributed by atoms with Gasteiger partial charge in [-0.3, -0.25) is 19.8 Å². The van der Waals surface area contributed by atoms with E-state index in [-0.39, 0.29) is 66.9 Å². The fraction of sp³-hybridized carbons (Fsp3) is 0.422. The van der Waals surface area contributed by atoms with E-state index in [9.17, 15) is 19.5 Å². The summed E-state index contributed by atoms with van der Waals surface area (Å²) in [5.74, 6) is -0.291. The van der Waals surface area contributed by atoms with Crippen LogP contribution in [0.1, 0.15) is 65.7 Å². The Hall–Kier alpha value is -6.17. The quantitative estimate of drug-likeness (QED) is 0.153. The van der Waals surface area contributed by atoms with Crippen molar-refractivity contribution in [2.24, 2.45) is 17.2 Å². The van der Waals surface area contributed by atoms with Crippen molar-refractivity contribution in [3.63, 3.8) is 0 Å². The van der Waals surface area contributed by atoms with Gasteiger partial charge in [-0.05, 0) is 60.9 Å². The number of imide groups is 1. The average molecular weight is 849 g/mol. The number of morpholine rings is 1. The highest BCUT2D eigenvalue weighted by Crippen LogP contribution is 2.37. The number of piperidine rings is 2. The summed E-state index contributed by atoms with van der Waals surface area (Å²) in [5, 5.41) is 13.7. The Balaban J connectivity index is 0.781. The number of hydrogen-bond donors (Lipinski definition) is 5. The second kappa shape index (κ2) is 16.9. The first-order valence-electron chi connectivity index (χ1n) is 21.3. The Labute approximate surface area is 358 Å². The first kappa shape index (κ1) is 41.2. The minimum absolute atomic E-state index is 0.0424. The van der Waals surface area contributed by atoms with E-state index in [1.54, 1.807) is 53.6 Å². The fourth-order valence-electron chi connectivity index (χ4n) is 9.58. The molecule has 3 atom stereocenters. The molecular weight excluding hydrogens is 796 g/mol. The third-order valence-corrected chi connectivity index (χ3v) is 13.1. The number of allylic oxidation sites excluding steroid dienone is 1. The number of likely N-dealkylation sites (tertiary alicyclic amines) is 2. The number of phenols is 1. The normalized spacial score (nSPS) is 23.7. The van der Waals surface area contributed by atoms with Crippen LogP contribution in [0.2, 0.25) is 0 Å². The van der Waals surface area contributed by atoms with E-state index >= 15 is 4.39 Å². The van der Waals surface area contributed by atoms with Gasteiger partial charge in [0.25, 0.3) is 5.91 Å². The smallest absolute Gasteiger partial charge is 0.328 e. The van der Waals surface area contributed by atoms with Gasteiger partial charge in [-0.25, -0.2) is 14.2 Å². The number of alkyl halides is 1. The van der Waals surface area contributed by atoms with Crippen LogP contribution < -0.4 is 27.4 Å². The highest BCUT2D eigenvalue weighted by atomic mass is 19.1. The van der Waals surface area contributed by atoms with Crippen molar-refractivity contribution in [1.82, 2.24) is 29.6 Å². The molecule has 0 aliphatic carbocycles. The van der Waals surface area contributed by atoms with Crippen LogP contribution >= 0.6 is 0 Å². The second-order valence-electron chi connectivity index (χ2n) is 17.0. The summed E-state index contributed by atoms with van der Waals surface area (Å²) < 4.78 is 30.9.